The number of hydrogen-bond donors (Lipinski definition) is 0. The maximum Gasteiger partial charge on any atom is 0.240 e. The molecule has 2 amide bonds. The van der Waals surface area contributed by atoms with Crippen molar-refractivity contribution in [2.75, 3.05) is 4.90 Å². The van der Waals surface area contributed by atoms with Gasteiger partial charge in [-0.1, -0.05) is 24.3 Å². The average Bonchev–Trinajstić information content (AvgIpc) is 3.54. The van der Waals surface area contributed by atoms with E-state index in [1.807, 2.05) is 52.0 Å². The van der Waals surface area contributed by atoms with Gasteiger partial charge in [0.1, 0.15) is 24.4 Å². The third-order valence-corrected chi connectivity index (χ3v) is 7.56. The summed E-state index contributed by atoms with van der Waals surface area (Å²) in [4.78, 5) is 28.0. The third kappa shape index (κ3) is 2.82. The summed E-state index contributed by atoms with van der Waals surface area (Å²) in [6, 6.07) is 9.03. The first kappa shape index (κ1) is 21.2. The first-order valence-electron chi connectivity index (χ1n) is 11.8. The molecule has 9 heteroatoms. The van der Waals surface area contributed by atoms with Crippen LogP contribution in [0.4, 0.5) is 5.69 Å². The summed E-state index contributed by atoms with van der Waals surface area (Å²) < 4.78 is 37.2. The number of carbonyl (C=O) groups excluding carboxylic acids is 2. The van der Waals surface area contributed by atoms with Gasteiger partial charge in [-0.15, -0.1) is 0 Å². The second-order valence-corrected chi connectivity index (χ2v) is 10.7. The zero-order chi connectivity index (χ0) is 23.6. The summed E-state index contributed by atoms with van der Waals surface area (Å²) in [5.41, 5.74) is 1.39. The highest BCUT2D eigenvalue weighted by molar-refractivity contribution is 6.23. The van der Waals surface area contributed by atoms with Crippen molar-refractivity contribution in [3.05, 3.63) is 42.0 Å². The van der Waals surface area contributed by atoms with Crippen molar-refractivity contribution >= 4 is 17.5 Å². The van der Waals surface area contributed by atoms with E-state index >= 15 is 0 Å². The van der Waals surface area contributed by atoms with Gasteiger partial charge >= 0.3 is 0 Å². The topological polar surface area (TPSA) is 92.8 Å². The highest BCUT2D eigenvalue weighted by Crippen LogP contribution is 2.53. The molecule has 0 spiro atoms. The number of carbonyl (C=O) groups is 2. The lowest BCUT2D eigenvalue weighted by molar-refractivity contribution is -0.226. The number of nitrogens with zero attached hydrogens (tertiary/aromatic N) is 1. The lowest BCUT2D eigenvalue weighted by Gasteiger charge is -2.39. The smallest absolute Gasteiger partial charge is 0.240 e. The number of para-hydroxylation sites is 1. The Balaban J connectivity index is 1.22. The molecule has 180 valence electrons. The average molecular weight is 469 g/mol. The Morgan fingerprint density at radius 3 is 2.15 bits per heavy atom. The summed E-state index contributed by atoms with van der Waals surface area (Å²) in [6.45, 7) is 7.39. The summed E-state index contributed by atoms with van der Waals surface area (Å²) in [5, 5.41) is 0. The fraction of sp³-hybridized carbons (Fsp3) is 0.600. The normalized spacial score (nSPS) is 45.4. The van der Waals surface area contributed by atoms with Gasteiger partial charge in [-0.2, -0.15) is 0 Å². The van der Waals surface area contributed by atoms with E-state index in [9.17, 15) is 9.59 Å². The molecule has 9 nitrogen and oxygen atoms in total. The second-order valence-electron chi connectivity index (χ2n) is 10.7. The van der Waals surface area contributed by atoms with Crippen LogP contribution in [0.5, 0.6) is 0 Å². The molecule has 6 heterocycles. The van der Waals surface area contributed by atoms with E-state index in [0.29, 0.717) is 5.69 Å². The summed E-state index contributed by atoms with van der Waals surface area (Å²) in [6.07, 6.45) is -1.60. The Morgan fingerprint density at radius 1 is 0.735 bits per heavy atom. The van der Waals surface area contributed by atoms with Crippen molar-refractivity contribution in [1.82, 2.24) is 0 Å². The highest BCUT2D eigenvalue weighted by atomic mass is 16.9. The third-order valence-electron chi connectivity index (χ3n) is 7.56. The SMILES string of the molecule is CC1(C)O[C@H]2[C@@H](O1)[C@@H](C1=C[C@H]3O[C@@H]1[C@H]1C(=O)N(c4ccccc4)C(=O)[C@H]13)O[C@@H]1OC(C)(C)O[C@@H]12. The molecule has 1 aromatic carbocycles. The number of anilines is 1. The quantitative estimate of drug-likeness (QED) is 0.479. The maximum atomic E-state index is 13.5. The van der Waals surface area contributed by atoms with Gasteiger partial charge in [0, 0.05) is 0 Å². The van der Waals surface area contributed by atoms with Gasteiger partial charge in [-0.05, 0) is 45.4 Å². The van der Waals surface area contributed by atoms with Crippen LogP contribution in [0.1, 0.15) is 27.7 Å². The number of ether oxygens (including phenoxy) is 6. The minimum absolute atomic E-state index is 0.220. The van der Waals surface area contributed by atoms with Crippen LogP contribution in [0.3, 0.4) is 0 Å². The molecular formula is C25H27NO8. The van der Waals surface area contributed by atoms with Crippen molar-refractivity contribution < 1.29 is 38.0 Å². The van der Waals surface area contributed by atoms with Gasteiger partial charge in [0.05, 0.1) is 29.7 Å². The van der Waals surface area contributed by atoms with Crippen LogP contribution in [0.15, 0.2) is 42.0 Å². The Bertz CT molecular complexity index is 1100. The van der Waals surface area contributed by atoms with E-state index in [1.165, 1.54) is 4.90 Å². The Labute approximate surface area is 196 Å². The van der Waals surface area contributed by atoms with Crippen LogP contribution >= 0.6 is 0 Å². The van der Waals surface area contributed by atoms with Crippen LogP contribution in [-0.2, 0) is 38.0 Å². The zero-order valence-electron chi connectivity index (χ0n) is 19.4. The first-order valence-corrected chi connectivity index (χ1v) is 11.8. The van der Waals surface area contributed by atoms with Gasteiger partial charge in [-0.3, -0.25) is 9.59 Å². The van der Waals surface area contributed by atoms with Crippen molar-refractivity contribution in [1.29, 1.82) is 0 Å². The minimum Gasteiger partial charge on any atom is -0.365 e. The van der Waals surface area contributed by atoms with Crippen LogP contribution in [-0.4, -0.2) is 66.3 Å². The van der Waals surface area contributed by atoms with Crippen LogP contribution in [0, 0.1) is 11.8 Å². The molecule has 6 aliphatic rings. The fourth-order valence-electron chi connectivity index (χ4n) is 6.40. The molecule has 0 aliphatic carbocycles. The van der Waals surface area contributed by atoms with E-state index < -0.39 is 66.3 Å². The van der Waals surface area contributed by atoms with Crippen molar-refractivity contribution in [3.8, 4) is 0 Å². The Morgan fingerprint density at radius 2 is 1.38 bits per heavy atom. The molecule has 1 aromatic rings. The number of amides is 2. The standard InChI is InChI=1S/C25H27NO8/c1-24(2)31-18-17(30-23-20(19(18)32-24)33-25(3,4)34-23)12-10-13-14-15(16(12)29-13)22(28)26(21(14)27)11-8-6-5-7-9-11/h5-10,13-20,23H,1-4H3/t13-,14+,15+,16+,17-,18+,19+,20-,23-/m1/s1. The largest absolute Gasteiger partial charge is 0.365 e. The molecule has 34 heavy (non-hydrogen) atoms. The predicted octanol–water partition coefficient (Wildman–Crippen LogP) is 1.90. The van der Waals surface area contributed by atoms with E-state index in [4.69, 9.17) is 28.4 Å². The number of imide groups is 1. The first-order chi connectivity index (χ1) is 16.1. The summed E-state index contributed by atoms with van der Waals surface area (Å²) in [5.74, 6) is -3.23. The summed E-state index contributed by atoms with van der Waals surface area (Å²) >= 11 is 0. The van der Waals surface area contributed by atoms with E-state index in [-0.39, 0.29) is 11.8 Å². The Kier molecular flexibility index (Phi) is 4.20. The van der Waals surface area contributed by atoms with Crippen LogP contribution in [0.2, 0.25) is 0 Å². The molecular weight excluding hydrogens is 442 g/mol. The molecule has 0 unspecified atom stereocenters. The lowest BCUT2D eigenvalue weighted by atomic mass is 9.77. The molecule has 9 atom stereocenters. The number of fused-ring (bicyclic) bond motifs is 8. The minimum atomic E-state index is -0.827. The molecule has 0 radical (unpaired) electrons. The highest BCUT2D eigenvalue weighted by Gasteiger charge is 2.67. The molecule has 2 bridgehead atoms. The van der Waals surface area contributed by atoms with Gasteiger partial charge in [-0.25, -0.2) is 4.90 Å². The fourth-order valence-corrected chi connectivity index (χ4v) is 6.40. The van der Waals surface area contributed by atoms with Crippen LogP contribution < -0.4 is 4.90 Å². The molecule has 0 aromatic heterocycles. The van der Waals surface area contributed by atoms with E-state index in [0.717, 1.165) is 5.57 Å². The van der Waals surface area contributed by atoms with Crippen LogP contribution in [0.25, 0.3) is 0 Å². The predicted molar refractivity (Wildman–Crippen MR) is 115 cm³/mol. The summed E-state index contributed by atoms with van der Waals surface area (Å²) in [7, 11) is 0. The van der Waals surface area contributed by atoms with E-state index in [2.05, 4.69) is 0 Å². The zero-order valence-corrected chi connectivity index (χ0v) is 19.4. The number of rotatable bonds is 2. The molecule has 5 fully saturated rings. The molecule has 0 N–H and O–H groups in total. The van der Waals surface area contributed by atoms with Gasteiger partial charge in [0.2, 0.25) is 11.8 Å². The number of benzene rings is 1. The van der Waals surface area contributed by atoms with Crippen molar-refractivity contribution in [2.45, 2.75) is 82.2 Å². The molecule has 0 saturated carbocycles. The van der Waals surface area contributed by atoms with Gasteiger partial charge < -0.3 is 28.4 Å². The van der Waals surface area contributed by atoms with Gasteiger partial charge in [0.15, 0.2) is 17.9 Å². The molecule has 6 aliphatic heterocycles. The van der Waals surface area contributed by atoms with Gasteiger partial charge in [0.25, 0.3) is 0 Å². The Hall–Kier alpha value is -2.14. The van der Waals surface area contributed by atoms with Crippen molar-refractivity contribution in [3.63, 3.8) is 0 Å². The lowest BCUT2D eigenvalue weighted by Crippen LogP contribution is -2.56. The second kappa shape index (κ2) is 6.75. The number of hydrogen-bond acceptors (Lipinski definition) is 8. The monoisotopic (exact) mass is 469 g/mol. The molecule has 5 saturated heterocycles. The van der Waals surface area contributed by atoms with Crippen molar-refractivity contribution in [2.24, 2.45) is 11.8 Å². The molecule has 7 rings (SSSR count). The van der Waals surface area contributed by atoms with E-state index in [1.54, 1.807) is 12.1 Å². The maximum absolute atomic E-state index is 13.5.